The number of hydrogen-bond donors (Lipinski definition) is 0. The maximum atomic E-state index is 3.53. The van der Waals surface area contributed by atoms with Crippen LogP contribution in [0.15, 0.2) is 0 Å². The number of halogens is 1. The summed E-state index contributed by atoms with van der Waals surface area (Å²) in [5.74, 6) is 0.884. The number of likely N-dealkylation sites (tertiary alicyclic amines) is 1. The van der Waals surface area contributed by atoms with Crippen LogP contribution in [-0.2, 0) is 0 Å². The van der Waals surface area contributed by atoms with E-state index in [0.717, 1.165) is 11.2 Å². The minimum Gasteiger partial charge on any atom is -0.303 e. The molecule has 1 atom stereocenters. The molecular weight excluding hydrogens is 250 g/mol. The summed E-state index contributed by atoms with van der Waals surface area (Å²) in [4.78, 5) is 2.68. The van der Waals surface area contributed by atoms with Crippen molar-refractivity contribution in [2.24, 2.45) is 5.92 Å². The molecule has 1 saturated heterocycles. The fraction of sp³-hybridized carbons (Fsp3) is 1.00. The largest absolute Gasteiger partial charge is 0.303 e. The van der Waals surface area contributed by atoms with Gasteiger partial charge in [0.25, 0.3) is 0 Å². The van der Waals surface area contributed by atoms with Gasteiger partial charge in [0.05, 0.1) is 0 Å². The lowest BCUT2D eigenvalue weighted by molar-refractivity contribution is 0.231. The number of hydrogen-bond acceptors (Lipinski definition) is 1. The molecule has 1 nitrogen and oxygen atoms in total. The van der Waals surface area contributed by atoms with Crippen LogP contribution in [0.2, 0.25) is 0 Å². The van der Waals surface area contributed by atoms with Crippen molar-refractivity contribution in [2.45, 2.75) is 51.9 Å². The summed E-state index contributed by atoms with van der Waals surface area (Å²) in [5, 5.41) is 1.16. The SMILES string of the molecule is CC(CCBr)CCN1CCCCCCC1. The minimum absolute atomic E-state index is 0.884. The highest BCUT2D eigenvalue weighted by molar-refractivity contribution is 9.09. The molecule has 0 radical (unpaired) electrons. The van der Waals surface area contributed by atoms with Crippen LogP contribution < -0.4 is 0 Å². The van der Waals surface area contributed by atoms with E-state index < -0.39 is 0 Å². The van der Waals surface area contributed by atoms with Crippen LogP contribution in [0.3, 0.4) is 0 Å². The zero-order valence-electron chi connectivity index (χ0n) is 10.2. The van der Waals surface area contributed by atoms with Gasteiger partial charge in [0.1, 0.15) is 0 Å². The summed E-state index contributed by atoms with van der Waals surface area (Å²) in [6.45, 7) is 6.40. The van der Waals surface area contributed by atoms with Crippen LogP contribution in [0.4, 0.5) is 0 Å². The van der Waals surface area contributed by atoms with Crippen molar-refractivity contribution in [2.75, 3.05) is 25.0 Å². The molecule has 0 aromatic carbocycles. The highest BCUT2D eigenvalue weighted by Gasteiger charge is 2.09. The molecule has 1 rings (SSSR count). The zero-order chi connectivity index (χ0) is 10.9. The van der Waals surface area contributed by atoms with Crippen molar-refractivity contribution in [3.05, 3.63) is 0 Å². The molecule has 1 fully saturated rings. The van der Waals surface area contributed by atoms with Crippen LogP contribution in [0, 0.1) is 5.92 Å². The van der Waals surface area contributed by atoms with E-state index in [4.69, 9.17) is 0 Å². The van der Waals surface area contributed by atoms with Gasteiger partial charge in [-0.2, -0.15) is 0 Å². The van der Waals surface area contributed by atoms with Crippen LogP contribution in [0.25, 0.3) is 0 Å². The van der Waals surface area contributed by atoms with Crippen molar-refractivity contribution in [3.8, 4) is 0 Å². The van der Waals surface area contributed by atoms with Crippen molar-refractivity contribution in [1.29, 1.82) is 0 Å². The van der Waals surface area contributed by atoms with E-state index in [9.17, 15) is 0 Å². The second-order valence-corrected chi connectivity index (χ2v) is 5.77. The highest BCUT2D eigenvalue weighted by Crippen LogP contribution is 2.14. The van der Waals surface area contributed by atoms with E-state index in [1.54, 1.807) is 0 Å². The van der Waals surface area contributed by atoms with E-state index in [1.165, 1.54) is 64.6 Å². The monoisotopic (exact) mass is 275 g/mol. The summed E-state index contributed by atoms with van der Waals surface area (Å²) in [6.07, 6.45) is 9.92. The Morgan fingerprint density at radius 1 is 1.00 bits per heavy atom. The van der Waals surface area contributed by atoms with Gasteiger partial charge in [-0.05, 0) is 51.2 Å². The first-order chi connectivity index (χ1) is 7.33. The van der Waals surface area contributed by atoms with Gasteiger partial charge < -0.3 is 4.90 Å². The number of nitrogens with zero attached hydrogens (tertiary/aromatic N) is 1. The molecule has 15 heavy (non-hydrogen) atoms. The third-order valence-electron chi connectivity index (χ3n) is 3.49. The van der Waals surface area contributed by atoms with Gasteiger partial charge in [-0.25, -0.2) is 0 Å². The molecule has 1 aliphatic rings. The Morgan fingerprint density at radius 2 is 1.60 bits per heavy atom. The van der Waals surface area contributed by atoms with Crippen molar-refractivity contribution in [1.82, 2.24) is 4.90 Å². The molecule has 1 aliphatic heterocycles. The van der Waals surface area contributed by atoms with Gasteiger partial charge in [0, 0.05) is 5.33 Å². The van der Waals surface area contributed by atoms with Gasteiger partial charge in [-0.1, -0.05) is 42.1 Å². The first-order valence-electron chi connectivity index (χ1n) is 6.61. The average molecular weight is 276 g/mol. The molecule has 0 bridgehead atoms. The Bertz CT molecular complexity index is 141. The van der Waals surface area contributed by atoms with Gasteiger partial charge in [0.15, 0.2) is 0 Å². The van der Waals surface area contributed by atoms with E-state index in [2.05, 4.69) is 27.8 Å². The fourth-order valence-electron chi connectivity index (χ4n) is 2.27. The second kappa shape index (κ2) is 8.58. The van der Waals surface area contributed by atoms with Crippen molar-refractivity contribution >= 4 is 15.9 Å². The molecule has 0 aliphatic carbocycles. The molecule has 0 spiro atoms. The highest BCUT2D eigenvalue weighted by atomic mass is 79.9. The Labute approximate surface area is 104 Å². The molecular formula is C13H26BrN. The second-order valence-electron chi connectivity index (χ2n) is 4.98. The van der Waals surface area contributed by atoms with Gasteiger partial charge in [-0.15, -0.1) is 0 Å². The Balaban J connectivity index is 2.11. The molecule has 0 N–H and O–H groups in total. The topological polar surface area (TPSA) is 3.24 Å². The molecule has 0 amide bonds. The van der Waals surface area contributed by atoms with Crippen molar-refractivity contribution < 1.29 is 0 Å². The lowest BCUT2D eigenvalue weighted by Crippen LogP contribution is -2.29. The van der Waals surface area contributed by atoms with E-state index in [-0.39, 0.29) is 0 Å². The first-order valence-corrected chi connectivity index (χ1v) is 7.73. The molecule has 90 valence electrons. The van der Waals surface area contributed by atoms with E-state index >= 15 is 0 Å². The third-order valence-corrected chi connectivity index (χ3v) is 3.95. The maximum absolute atomic E-state index is 3.53. The van der Waals surface area contributed by atoms with Gasteiger partial charge >= 0.3 is 0 Å². The summed E-state index contributed by atoms with van der Waals surface area (Å²) in [7, 11) is 0. The predicted octanol–water partition coefficient (Wildman–Crippen LogP) is 4.06. The summed E-state index contributed by atoms with van der Waals surface area (Å²) >= 11 is 3.53. The summed E-state index contributed by atoms with van der Waals surface area (Å²) in [6, 6.07) is 0. The zero-order valence-corrected chi connectivity index (χ0v) is 11.8. The van der Waals surface area contributed by atoms with Crippen molar-refractivity contribution in [3.63, 3.8) is 0 Å². The average Bonchev–Trinajstić information content (AvgIpc) is 2.16. The lowest BCUT2D eigenvalue weighted by Gasteiger charge is -2.25. The molecule has 2 heteroatoms. The Kier molecular flexibility index (Phi) is 7.72. The molecule has 0 aromatic heterocycles. The van der Waals surface area contributed by atoms with Crippen LogP contribution in [0.1, 0.15) is 51.9 Å². The molecule has 1 unspecified atom stereocenters. The van der Waals surface area contributed by atoms with Gasteiger partial charge in [0.2, 0.25) is 0 Å². The minimum atomic E-state index is 0.884. The Morgan fingerprint density at radius 3 is 2.20 bits per heavy atom. The van der Waals surface area contributed by atoms with E-state index in [1.807, 2.05) is 0 Å². The lowest BCUT2D eigenvalue weighted by atomic mass is 10.0. The van der Waals surface area contributed by atoms with Crippen LogP contribution >= 0.6 is 15.9 Å². The van der Waals surface area contributed by atoms with Gasteiger partial charge in [-0.3, -0.25) is 0 Å². The quantitative estimate of drug-likeness (QED) is 0.684. The third kappa shape index (κ3) is 6.57. The summed E-state index contributed by atoms with van der Waals surface area (Å²) in [5.41, 5.74) is 0. The summed E-state index contributed by atoms with van der Waals surface area (Å²) < 4.78 is 0. The van der Waals surface area contributed by atoms with E-state index in [0.29, 0.717) is 0 Å². The number of alkyl halides is 1. The molecule has 0 aromatic rings. The van der Waals surface area contributed by atoms with Crippen LogP contribution in [0.5, 0.6) is 0 Å². The normalized spacial score (nSPS) is 22.0. The predicted molar refractivity (Wildman–Crippen MR) is 71.7 cm³/mol. The fourth-order valence-corrected chi connectivity index (χ4v) is 3.05. The first kappa shape index (κ1) is 13.5. The molecule has 0 saturated carbocycles. The number of rotatable bonds is 5. The molecule has 1 heterocycles. The maximum Gasteiger partial charge on any atom is 0.00338 e. The Hall–Kier alpha value is 0.440. The van der Waals surface area contributed by atoms with Crippen LogP contribution in [-0.4, -0.2) is 29.9 Å². The smallest absolute Gasteiger partial charge is 0.00338 e. The standard InChI is InChI=1S/C13H26BrN/c1-13(7-9-14)8-12-15-10-5-3-2-4-6-11-15/h13H,2-12H2,1H3.